The summed E-state index contributed by atoms with van der Waals surface area (Å²) in [5.74, 6) is 1.06. The van der Waals surface area contributed by atoms with E-state index >= 15 is 0 Å². The summed E-state index contributed by atoms with van der Waals surface area (Å²) in [5, 5.41) is 19.6. The third kappa shape index (κ3) is 43.9. The number of hydrogen-bond acceptors (Lipinski definition) is 7. The molecule has 0 aromatic heterocycles. The molecule has 0 aliphatic rings. The molecule has 0 aromatic carbocycles. The molecule has 56 heavy (non-hydrogen) atoms. The minimum atomic E-state index is -0.393. The van der Waals surface area contributed by atoms with Crippen LogP contribution in [0, 0.1) is 11.8 Å². The fourth-order valence-corrected chi connectivity index (χ4v) is 7.53. The van der Waals surface area contributed by atoms with E-state index in [0.29, 0.717) is 32.7 Å². The van der Waals surface area contributed by atoms with Crippen LogP contribution in [0.5, 0.6) is 0 Å². The average molecular weight is 798 g/mol. The first-order chi connectivity index (χ1) is 27.4. The molecular formula is C49H99NO6. The fraction of sp³-hybridized carbons (Fsp3) is 0.959. The number of carbonyl (C=O) groups excluding carboxylic acids is 2. The molecule has 3 atom stereocenters. The Morgan fingerprint density at radius 2 is 0.946 bits per heavy atom. The number of hydrogen-bond donors (Lipinski definition) is 2. The Bertz CT molecular complexity index is 767. The van der Waals surface area contributed by atoms with Gasteiger partial charge in [0.25, 0.3) is 6.47 Å². The van der Waals surface area contributed by atoms with Gasteiger partial charge in [0, 0.05) is 13.2 Å². The number of ether oxygens (including phenoxy) is 2. The highest BCUT2D eigenvalue weighted by Gasteiger charge is 2.19. The second-order valence-corrected chi connectivity index (χ2v) is 17.0. The zero-order chi connectivity index (χ0) is 41.6. The maximum atomic E-state index is 12.8. The molecule has 0 saturated heterocycles. The summed E-state index contributed by atoms with van der Waals surface area (Å²) in [4.78, 5) is 25.3. The first kappa shape index (κ1) is 56.9. The Kier molecular flexibility index (Phi) is 49.0. The number of rotatable bonds is 44. The van der Waals surface area contributed by atoms with Crippen molar-refractivity contribution in [1.29, 1.82) is 0 Å². The van der Waals surface area contributed by atoms with Gasteiger partial charge < -0.3 is 24.6 Å². The number of carbonyl (C=O) groups is 2. The number of esters is 1. The third-order valence-corrected chi connectivity index (χ3v) is 11.3. The van der Waals surface area contributed by atoms with Crippen molar-refractivity contribution in [2.24, 2.45) is 11.8 Å². The summed E-state index contributed by atoms with van der Waals surface area (Å²) in [6.07, 6.45) is 39.3. The van der Waals surface area contributed by atoms with Crippen LogP contribution in [0.3, 0.4) is 0 Å². The van der Waals surface area contributed by atoms with E-state index in [4.69, 9.17) is 14.6 Å². The van der Waals surface area contributed by atoms with Gasteiger partial charge in [-0.05, 0) is 76.8 Å². The molecule has 0 aromatic rings. The molecule has 0 saturated carbocycles. The minimum absolute atomic E-state index is 0.0202. The summed E-state index contributed by atoms with van der Waals surface area (Å²) in [7, 11) is 0. The Hall–Kier alpha value is -1.18. The zero-order valence-electron chi connectivity index (χ0n) is 38.4. The van der Waals surface area contributed by atoms with E-state index in [1.165, 1.54) is 128 Å². The van der Waals surface area contributed by atoms with Crippen molar-refractivity contribution in [3.05, 3.63) is 0 Å². The maximum absolute atomic E-state index is 12.8. The predicted octanol–water partition coefficient (Wildman–Crippen LogP) is 13.5. The van der Waals surface area contributed by atoms with Crippen LogP contribution < -0.4 is 0 Å². The second kappa shape index (κ2) is 48.2. The average Bonchev–Trinajstić information content (AvgIpc) is 3.19. The van der Waals surface area contributed by atoms with Gasteiger partial charge in [-0.1, -0.05) is 189 Å². The molecule has 7 nitrogen and oxygen atoms in total. The number of aliphatic hydroxyl groups is 2. The highest BCUT2D eigenvalue weighted by Crippen LogP contribution is 2.21. The van der Waals surface area contributed by atoms with Crippen LogP contribution >= 0.6 is 0 Å². The first-order valence-electron chi connectivity index (χ1n) is 24.6. The Morgan fingerprint density at radius 3 is 1.46 bits per heavy atom. The topological polar surface area (TPSA) is 96.3 Å². The summed E-state index contributed by atoms with van der Waals surface area (Å²) < 4.78 is 10.4. The molecule has 0 aliphatic carbocycles. The summed E-state index contributed by atoms with van der Waals surface area (Å²) in [6.45, 7) is 15.5. The molecule has 3 unspecified atom stereocenters. The lowest BCUT2D eigenvalue weighted by Gasteiger charge is -2.25. The highest BCUT2D eigenvalue weighted by atomic mass is 16.5. The molecule has 0 radical (unpaired) electrons. The molecule has 0 fully saturated rings. The Labute approximate surface area is 349 Å². The van der Waals surface area contributed by atoms with E-state index in [-0.39, 0.29) is 18.5 Å². The van der Waals surface area contributed by atoms with E-state index < -0.39 is 6.10 Å². The second-order valence-electron chi connectivity index (χ2n) is 17.0. The van der Waals surface area contributed by atoms with Crippen molar-refractivity contribution < 1.29 is 29.3 Å². The van der Waals surface area contributed by atoms with Crippen LogP contribution in [0.15, 0.2) is 0 Å². The monoisotopic (exact) mass is 798 g/mol. The van der Waals surface area contributed by atoms with E-state index in [9.17, 15) is 14.7 Å². The van der Waals surface area contributed by atoms with E-state index in [1.807, 2.05) is 0 Å². The fourth-order valence-electron chi connectivity index (χ4n) is 7.53. The van der Waals surface area contributed by atoms with Crippen LogP contribution in [0.25, 0.3) is 0 Å². The standard InChI is InChI=1S/C33H65NO6.C16H34/c1-3-5-7-9-10-14-22-31(21-13-8-6-4-2)33(38)40-28-19-12-11-16-24-34(25-17-18-26-35)29-32(37)23-15-20-27-39-30-36;1-4-6-8-10-11-13-15-16(3)14-12-9-7-5-2/h30-32,35,37H,3-29H2,1-2H3;16H,4-15H2,1-3H3. The van der Waals surface area contributed by atoms with Gasteiger partial charge in [-0.3, -0.25) is 9.59 Å². The van der Waals surface area contributed by atoms with Crippen LogP contribution in [-0.4, -0.2) is 73.1 Å². The summed E-state index contributed by atoms with van der Waals surface area (Å²) in [6, 6.07) is 0. The Morgan fingerprint density at radius 1 is 0.536 bits per heavy atom. The van der Waals surface area contributed by atoms with Crippen molar-refractivity contribution in [2.45, 2.75) is 253 Å². The van der Waals surface area contributed by atoms with Crippen molar-refractivity contribution in [3.8, 4) is 0 Å². The molecular weight excluding hydrogens is 699 g/mol. The van der Waals surface area contributed by atoms with E-state index in [0.717, 1.165) is 96.1 Å². The minimum Gasteiger partial charge on any atom is -0.468 e. The molecule has 7 heteroatoms. The lowest BCUT2D eigenvalue weighted by atomic mass is 9.94. The normalized spacial score (nSPS) is 12.9. The first-order valence-corrected chi connectivity index (χ1v) is 24.6. The SMILES string of the molecule is CCCCCCCCC(C)CCCCCC.CCCCCCCCC(CCCCCC)C(=O)OCCCCCCN(CCCCO)CC(O)CCCCOC=O. The van der Waals surface area contributed by atoms with Crippen molar-refractivity contribution in [1.82, 2.24) is 4.90 Å². The third-order valence-electron chi connectivity index (χ3n) is 11.3. The van der Waals surface area contributed by atoms with Gasteiger partial charge in [-0.15, -0.1) is 0 Å². The lowest BCUT2D eigenvalue weighted by molar-refractivity contribution is -0.149. The highest BCUT2D eigenvalue weighted by molar-refractivity contribution is 5.72. The zero-order valence-corrected chi connectivity index (χ0v) is 38.4. The maximum Gasteiger partial charge on any atom is 0.308 e. The van der Waals surface area contributed by atoms with Crippen molar-refractivity contribution in [2.75, 3.05) is 39.5 Å². The molecule has 0 heterocycles. The molecule has 0 aliphatic heterocycles. The van der Waals surface area contributed by atoms with E-state index in [1.54, 1.807) is 0 Å². The molecule has 336 valence electrons. The van der Waals surface area contributed by atoms with Crippen LogP contribution in [0.1, 0.15) is 247 Å². The van der Waals surface area contributed by atoms with Crippen molar-refractivity contribution >= 4 is 12.4 Å². The molecule has 0 amide bonds. The molecule has 0 bridgehead atoms. The van der Waals surface area contributed by atoms with Gasteiger partial charge in [-0.2, -0.15) is 0 Å². The van der Waals surface area contributed by atoms with E-state index in [2.05, 4.69) is 39.5 Å². The van der Waals surface area contributed by atoms with Gasteiger partial charge >= 0.3 is 5.97 Å². The Balaban J connectivity index is 0. The quantitative estimate of drug-likeness (QED) is 0.0360. The van der Waals surface area contributed by atoms with Gasteiger partial charge in [0.1, 0.15) is 0 Å². The summed E-state index contributed by atoms with van der Waals surface area (Å²) in [5.41, 5.74) is 0. The lowest BCUT2D eigenvalue weighted by Crippen LogP contribution is -2.34. The molecule has 0 spiro atoms. The summed E-state index contributed by atoms with van der Waals surface area (Å²) >= 11 is 0. The van der Waals surface area contributed by atoms with Gasteiger partial charge in [0.15, 0.2) is 0 Å². The largest absolute Gasteiger partial charge is 0.468 e. The predicted molar refractivity (Wildman–Crippen MR) is 240 cm³/mol. The van der Waals surface area contributed by atoms with Crippen LogP contribution in [-0.2, 0) is 19.1 Å². The number of aliphatic hydroxyl groups excluding tert-OH is 2. The number of unbranched alkanes of at least 4 members (excludes halogenated alkanes) is 21. The van der Waals surface area contributed by atoms with Crippen LogP contribution in [0.4, 0.5) is 0 Å². The molecule has 0 rings (SSSR count). The number of nitrogens with zero attached hydrogens (tertiary/aromatic N) is 1. The van der Waals surface area contributed by atoms with Crippen molar-refractivity contribution in [3.63, 3.8) is 0 Å². The van der Waals surface area contributed by atoms with Gasteiger partial charge in [0.2, 0.25) is 0 Å². The molecule has 2 N–H and O–H groups in total. The smallest absolute Gasteiger partial charge is 0.308 e. The van der Waals surface area contributed by atoms with Gasteiger partial charge in [-0.25, -0.2) is 0 Å². The van der Waals surface area contributed by atoms with Crippen LogP contribution in [0.2, 0.25) is 0 Å². The van der Waals surface area contributed by atoms with Gasteiger partial charge in [0.05, 0.1) is 25.2 Å².